The monoisotopic (exact) mass is 634 g/mol. The Bertz CT molecular complexity index is 2530. The summed E-state index contributed by atoms with van der Waals surface area (Å²) in [6.07, 6.45) is 2.00. The molecule has 0 saturated heterocycles. The van der Waals surface area contributed by atoms with Gasteiger partial charge in [0.2, 0.25) is 0 Å². The van der Waals surface area contributed by atoms with Crippen molar-refractivity contribution in [3.05, 3.63) is 179 Å². The van der Waals surface area contributed by atoms with E-state index in [0.29, 0.717) is 0 Å². The van der Waals surface area contributed by atoms with E-state index in [0.717, 1.165) is 34.0 Å². The third-order valence-corrected chi connectivity index (χ3v) is 10.4. The smallest absolute Gasteiger partial charge is 0.0886 e. The van der Waals surface area contributed by atoms with Crippen LogP contribution in [0, 0.1) is 13.8 Å². The van der Waals surface area contributed by atoms with E-state index in [1.165, 1.54) is 49.7 Å². The zero-order valence-corrected chi connectivity index (χ0v) is 28.6. The predicted octanol–water partition coefficient (Wildman–Crippen LogP) is 10.6. The van der Waals surface area contributed by atoms with Gasteiger partial charge in [0.1, 0.15) is 0 Å². The lowest BCUT2D eigenvalue weighted by Gasteiger charge is -2.34. The fourth-order valence-corrected chi connectivity index (χ4v) is 8.21. The van der Waals surface area contributed by atoms with Crippen molar-refractivity contribution >= 4 is 21.8 Å². The lowest BCUT2D eigenvalue weighted by molar-refractivity contribution is 0.584. The summed E-state index contributed by atoms with van der Waals surface area (Å²) >= 11 is 0. The van der Waals surface area contributed by atoms with Crippen LogP contribution in [0.5, 0.6) is 0 Å². The minimum Gasteiger partial charge on any atom is -0.309 e. The maximum absolute atomic E-state index is 5.21. The van der Waals surface area contributed by atoms with Crippen molar-refractivity contribution in [2.75, 3.05) is 0 Å². The fraction of sp³-hybridized carbons (Fsp3) is 0.156. The summed E-state index contributed by atoms with van der Waals surface area (Å²) in [5, 5.41) is 7.27. The Kier molecular flexibility index (Phi) is 6.38. The van der Waals surface area contributed by atoms with Crippen molar-refractivity contribution < 1.29 is 0 Å². The number of para-hydroxylation sites is 1. The highest BCUT2D eigenvalue weighted by Crippen LogP contribution is 2.56. The lowest BCUT2D eigenvalue weighted by atomic mass is 9.69. The molecule has 0 saturated carbocycles. The number of hydrogen-bond donors (Lipinski definition) is 0. The first-order valence-electron chi connectivity index (χ1n) is 17.1. The van der Waals surface area contributed by atoms with Gasteiger partial charge in [-0.2, -0.15) is 5.10 Å². The van der Waals surface area contributed by atoms with Crippen LogP contribution in [0.3, 0.4) is 0 Å². The maximum Gasteiger partial charge on any atom is 0.0886 e. The summed E-state index contributed by atoms with van der Waals surface area (Å²) in [6.45, 7) is 11.0. The van der Waals surface area contributed by atoms with Gasteiger partial charge in [0.05, 0.1) is 33.5 Å². The van der Waals surface area contributed by atoms with Gasteiger partial charge < -0.3 is 4.57 Å². The standard InChI is InChI=1S/C45H38N4/c1-29-25-30(2)49(47-29)34-21-22-38-37-17-8-11-20-41(37)48(42(38)28-34)33-14-12-13-32(26-33)45(43-27-31(23-24-46-43)44(3,4)5)39-18-9-6-15-35(39)36-16-7-10-19-40(36)45/h6-28H,1-5H3. The third-order valence-electron chi connectivity index (χ3n) is 10.4. The molecule has 0 amide bonds. The number of aromatic nitrogens is 4. The molecule has 5 aromatic carbocycles. The summed E-state index contributed by atoms with van der Waals surface area (Å²) in [6, 6.07) is 49.0. The topological polar surface area (TPSA) is 35.6 Å². The summed E-state index contributed by atoms with van der Waals surface area (Å²) in [5.41, 5.74) is 14.6. The molecule has 0 radical (unpaired) electrons. The first-order valence-corrected chi connectivity index (χ1v) is 17.1. The van der Waals surface area contributed by atoms with Gasteiger partial charge >= 0.3 is 0 Å². The van der Waals surface area contributed by atoms with Crippen molar-refractivity contribution in [3.8, 4) is 22.5 Å². The number of benzene rings is 5. The first-order chi connectivity index (χ1) is 23.7. The van der Waals surface area contributed by atoms with Crippen LogP contribution in [0.25, 0.3) is 44.3 Å². The lowest BCUT2D eigenvalue weighted by Crippen LogP contribution is -2.30. The summed E-state index contributed by atoms with van der Waals surface area (Å²) in [4.78, 5) is 5.21. The number of aryl methyl sites for hydroxylation is 2. The van der Waals surface area contributed by atoms with Gasteiger partial charge in [-0.15, -0.1) is 0 Å². The molecule has 9 rings (SSSR count). The average molecular weight is 635 g/mol. The van der Waals surface area contributed by atoms with Crippen LogP contribution in [-0.2, 0) is 10.8 Å². The number of hydrogen-bond acceptors (Lipinski definition) is 2. The first kappa shape index (κ1) is 29.4. The zero-order valence-electron chi connectivity index (χ0n) is 28.6. The minimum absolute atomic E-state index is 0.0233. The highest BCUT2D eigenvalue weighted by Gasteiger charge is 2.47. The van der Waals surface area contributed by atoms with Gasteiger partial charge in [-0.1, -0.05) is 106 Å². The SMILES string of the molecule is Cc1cc(C)n(-c2ccc3c4ccccc4n(-c4cccc(C5(c6cc(C(C)(C)C)ccn6)c6ccccc6-c6ccccc65)c4)c3c2)n1. The minimum atomic E-state index is -0.599. The molecule has 3 aromatic heterocycles. The second-order valence-electron chi connectivity index (χ2n) is 14.5. The van der Waals surface area contributed by atoms with Crippen LogP contribution in [0.1, 0.15) is 60.1 Å². The van der Waals surface area contributed by atoms with Crippen LogP contribution in [-0.4, -0.2) is 19.3 Å². The third kappa shape index (κ3) is 4.30. The number of nitrogens with zero attached hydrogens (tertiary/aromatic N) is 4. The van der Waals surface area contributed by atoms with E-state index >= 15 is 0 Å². The van der Waals surface area contributed by atoms with Crippen molar-refractivity contribution in [2.45, 2.75) is 45.4 Å². The number of pyridine rings is 1. The molecule has 0 atom stereocenters. The van der Waals surface area contributed by atoms with Gasteiger partial charge in [-0.3, -0.25) is 4.98 Å². The molecule has 1 aliphatic rings. The molecule has 0 bridgehead atoms. The molecule has 238 valence electrons. The predicted molar refractivity (Wildman–Crippen MR) is 201 cm³/mol. The average Bonchev–Trinajstić information content (AvgIpc) is 3.74. The van der Waals surface area contributed by atoms with E-state index in [-0.39, 0.29) is 5.41 Å². The molecule has 3 heterocycles. The van der Waals surface area contributed by atoms with Crippen LogP contribution >= 0.6 is 0 Å². The molecule has 0 N–H and O–H groups in total. The Morgan fingerprint density at radius 3 is 2.00 bits per heavy atom. The maximum atomic E-state index is 5.21. The molecule has 0 aliphatic heterocycles. The quantitative estimate of drug-likeness (QED) is 0.193. The van der Waals surface area contributed by atoms with E-state index in [4.69, 9.17) is 10.1 Å². The van der Waals surface area contributed by atoms with Crippen molar-refractivity contribution in [1.29, 1.82) is 0 Å². The Labute approximate surface area is 287 Å². The number of rotatable bonds is 4. The largest absolute Gasteiger partial charge is 0.309 e. The fourth-order valence-electron chi connectivity index (χ4n) is 8.21. The molecular weight excluding hydrogens is 597 g/mol. The molecule has 4 heteroatoms. The highest BCUT2D eigenvalue weighted by molar-refractivity contribution is 6.09. The summed E-state index contributed by atoms with van der Waals surface area (Å²) in [7, 11) is 0. The molecule has 0 unspecified atom stereocenters. The van der Waals surface area contributed by atoms with Gasteiger partial charge in [-0.25, -0.2) is 4.68 Å². The second-order valence-corrected chi connectivity index (χ2v) is 14.5. The van der Waals surface area contributed by atoms with Gasteiger partial charge in [0, 0.05) is 28.4 Å². The highest BCUT2D eigenvalue weighted by atomic mass is 15.3. The Hall–Kier alpha value is -5.74. The molecule has 1 aliphatic carbocycles. The Balaban J connectivity index is 1.35. The molecule has 4 nitrogen and oxygen atoms in total. The van der Waals surface area contributed by atoms with Crippen molar-refractivity contribution in [3.63, 3.8) is 0 Å². The molecule has 8 aromatic rings. The Morgan fingerprint density at radius 1 is 0.592 bits per heavy atom. The van der Waals surface area contributed by atoms with E-state index in [1.54, 1.807) is 0 Å². The van der Waals surface area contributed by atoms with Crippen LogP contribution in [0.4, 0.5) is 0 Å². The van der Waals surface area contributed by atoms with Gasteiger partial charge in [0.15, 0.2) is 0 Å². The summed E-state index contributed by atoms with van der Waals surface area (Å²) < 4.78 is 4.46. The van der Waals surface area contributed by atoms with E-state index < -0.39 is 5.41 Å². The van der Waals surface area contributed by atoms with Gasteiger partial charge in [-0.05, 0) is 101 Å². The molecule has 49 heavy (non-hydrogen) atoms. The van der Waals surface area contributed by atoms with Crippen LogP contribution < -0.4 is 0 Å². The molecule has 0 spiro atoms. The van der Waals surface area contributed by atoms with E-state index in [1.807, 2.05) is 17.8 Å². The molecular formula is C45H38N4. The Morgan fingerprint density at radius 2 is 1.29 bits per heavy atom. The normalized spacial score (nSPS) is 13.6. The van der Waals surface area contributed by atoms with Crippen LogP contribution in [0.2, 0.25) is 0 Å². The summed E-state index contributed by atoms with van der Waals surface area (Å²) in [5.74, 6) is 0. The van der Waals surface area contributed by atoms with E-state index in [9.17, 15) is 0 Å². The van der Waals surface area contributed by atoms with Crippen molar-refractivity contribution in [2.24, 2.45) is 0 Å². The van der Waals surface area contributed by atoms with Gasteiger partial charge in [0.25, 0.3) is 0 Å². The molecule has 0 fully saturated rings. The van der Waals surface area contributed by atoms with Crippen LogP contribution in [0.15, 0.2) is 140 Å². The number of fused-ring (bicyclic) bond motifs is 6. The second kappa shape index (κ2) is 10.6. The zero-order chi connectivity index (χ0) is 33.5. The van der Waals surface area contributed by atoms with Crippen molar-refractivity contribution in [1.82, 2.24) is 19.3 Å². The van der Waals surface area contributed by atoms with E-state index in [2.05, 4.69) is 166 Å².